The number of benzene rings is 2. The highest BCUT2D eigenvalue weighted by Gasteiger charge is 2.22. The molecule has 3 aromatic rings. The van der Waals surface area contributed by atoms with Gasteiger partial charge in [-0.2, -0.15) is 4.31 Å². The van der Waals surface area contributed by atoms with Gasteiger partial charge in [0.1, 0.15) is 5.76 Å². The number of sulfonamides is 1. The van der Waals surface area contributed by atoms with Gasteiger partial charge in [-0.3, -0.25) is 4.79 Å². The number of hydrogen-bond donors (Lipinski definition) is 1. The zero-order chi connectivity index (χ0) is 19.4. The Balaban J connectivity index is 1.73. The van der Waals surface area contributed by atoms with Crippen LogP contribution in [-0.2, 0) is 16.6 Å². The van der Waals surface area contributed by atoms with Crippen LogP contribution < -0.4 is 5.32 Å². The second-order valence-corrected chi connectivity index (χ2v) is 8.23. The summed E-state index contributed by atoms with van der Waals surface area (Å²) in [6.07, 6.45) is 1.50. The van der Waals surface area contributed by atoms with E-state index in [4.69, 9.17) is 4.42 Å². The van der Waals surface area contributed by atoms with Crippen molar-refractivity contribution in [2.45, 2.75) is 18.4 Å². The van der Waals surface area contributed by atoms with E-state index >= 15 is 0 Å². The van der Waals surface area contributed by atoms with Crippen LogP contribution in [0, 0.1) is 6.92 Å². The number of furan rings is 1. The number of carbonyl (C=O) groups is 1. The predicted octanol–water partition coefficient (Wildman–Crippen LogP) is 3.66. The van der Waals surface area contributed by atoms with E-state index in [1.807, 2.05) is 25.1 Å². The molecule has 1 N–H and O–H groups in total. The molecule has 1 aromatic heterocycles. The molecule has 27 heavy (non-hydrogen) atoms. The summed E-state index contributed by atoms with van der Waals surface area (Å²) < 4.78 is 31.7. The van der Waals surface area contributed by atoms with Gasteiger partial charge < -0.3 is 9.73 Å². The Labute approximate surface area is 158 Å². The van der Waals surface area contributed by atoms with E-state index in [0.717, 1.165) is 5.56 Å². The van der Waals surface area contributed by atoms with Crippen molar-refractivity contribution in [3.63, 3.8) is 0 Å². The third-order valence-corrected chi connectivity index (χ3v) is 5.88. The second kappa shape index (κ2) is 7.77. The van der Waals surface area contributed by atoms with Crippen LogP contribution in [0.25, 0.3) is 0 Å². The van der Waals surface area contributed by atoms with Crippen molar-refractivity contribution in [3.05, 3.63) is 83.8 Å². The van der Waals surface area contributed by atoms with Crippen LogP contribution in [0.4, 0.5) is 5.69 Å². The first-order valence-corrected chi connectivity index (χ1v) is 9.77. The number of rotatable bonds is 6. The van der Waals surface area contributed by atoms with Crippen molar-refractivity contribution in [2.75, 3.05) is 12.4 Å². The van der Waals surface area contributed by atoms with E-state index in [1.54, 1.807) is 18.2 Å². The fourth-order valence-electron chi connectivity index (χ4n) is 2.59. The Kier molecular flexibility index (Phi) is 5.43. The minimum Gasteiger partial charge on any atom is -0.468 e. The minimum absolute atomic E-state index is 0.115. The third kappa shape index (κ3) is 4.45. The number of hydrogen-bond acceptors (Lipinski definition) is 4. The first-order chi connectivity index (χ1) is 12.9. The molecular formula is C20H20N2O4S. The lowest BCUT2D eigenvalue weighted by molar-refractivity contribution is 0.102. The highest BCUT2D eigenvalue weighted by Crippen LogP contribution is 2.18. The maximum Gasteiger partial charge on any atom is 0.255 e. The molecule has 0 aliphatic carbocycles. The maximum atomic E-state index is 12.7. The monoisotopic (exact) mass is 384 g/mol. The molecule has 140 valence electrons. The van der Waals surface area contributed by atoms with Gasteiger partial charge >= 0.3 is 0 Å². The average Bonchev–Trinajstić information content (AvgIpc) is 3.15. The second-order valence-electron chi connectivity index (χ2n) is 6.19. The molecule has 1 heterocycles. The summed E-state index contributed by atoms with van der Waals surface area (Å²) in [5, 5.41) is 2.80. The minimum atomic E-state index is -3.68. The molecule has 0 unspecified atom stereocenters. The molecular weight excluding hydrogens is 364 g/mol. The van der Waals surface area contributed by atoms with Crippen LogP contribution in [0.5, 0.6) is 0 Å². The van der Waals surface area contributed by atoms with Crippen molar-refractivity contribution < 1.29 is 17.6 Å². The van der Waals surface area contributed by atoms with E-state index in [-0.39, 0.29) is 17.3 Å². The van der Waals surface area contributed by atoms with Crippen molar-refractivity contribution in [1.29, 1.82) is 0 Å². The standard InChI is InChI=1S/C20H20N2O4S/c1-15-5-3-6-17(13-15)21-20(23)16-8-10-19(11-9-16)27(24,25)22(2)14-18-7-4-12-26-18/h3-13H,14H2,1-2H3,(H,21,23). The third-order valence-electron chi connectivity index (χ3n) is 4.06. The molecule has 2 aromatic carbocycles. The summed E-state index contributed by atoms with van der Waals surface area (Å²) in [6, 6.07) is 16.7. The highest BCUT2D eigenvalue weighted by atomic mass is 32.2. The molecule has 0 saturated heterocycles. The maximum absolute atomic E-state index is 12.7. The summed E-state index contributed by atoms with van der Waals surface area (Å²) in [5.41, 5.74) is 2.10. The molecule has 1 amide bonds. The van der Waals surface area contributed by atoms with Gasteiger partial charge in [0, 0.05) is 18.3 Å². The van der Waals surface area contributed by atoms with Crippen LogP contribution in [0.3, 0.4) is 0 Å². The van der Waals surface area contributed by atoms with Crippen LogP contribution in [-0.4, -0.2) is 25.7 Å². The topological polar surface area (TPSA) is 79.6 Å². The SMILES string of the molecule is Cc1cccc(NC(=O)c2ccc(S(=O)(=O)N(C)Cc3ccco3)cc2)c1. The van der Waals surface area contributed by atoms with Crippen LogP contribution in [0.2, 0.25) is 0 Å². The molecule has 0 fully saturated rings. The van der Waals surface area contributed by atoms with E-state index in [0.29, 0.717) is 17.0 Å². The fourth-order valence-corrected chi connectivity index (χ4v) is 3.73. The Morgan fingerprint density at radius 1 is 1.07 bits per heavy atom. The first kappa shape index (κ1) is 18.9. The van der Waals surface area contributed by atoms with Crippen molar-refractivity contribution >= 4 is 21.6 Å². The Morgan fingerprint density at radius 2 is 1.81 bits per heavy atom. The quantitative estimate of drug-likeness (QED) is 0.703. The average molecular weight is 384 g/mol. The van der Waals surface area contributed by atoms with E-state index in [2.05, 4.69) is 5.32 Å². The van der Waals surface area contributed by atoms with Crippen molar-refractivity contribution in [2.24, 2.45) is 0 Å². The van der Waals surface area contributed by atoms with E-state index in [1.165, 1.54) is 41.9 Å². The summed E-state index contributed by atoms with van der Waals surface area (Å²) >= 11 is 0. The van der Waals surface area contributed by atoms with Gasteiger partial charge in [-0.25, -0.2) is 8.42 Å². The van der Waals surface area contributed by atoms with Gasteiger partial charge in [0.25, 0.3) is 5.91 Å². The van der Waals surface area contributed by atoms with Crippen LogP contribution >= 0.6 is 0 Å². The summed E-state index contributed by atoms with van der Waals surface area (Å²) in [5.74, 6) is 0.253. The Morgan fingerprint density at radius 3 is 2.44 bits per heavy atom. The zero-order valence-electron chi connectivity index (χ0n) is 15.0. The lowest BCUT2D eigenvalue weighted by Crippen LogP contribution is -2.26. The molecule has 0 radical (unpaired) electrons. The van der Waals surface area contributed by atoms with Crippen LogP contribution in [0.1, 0.15) is 21.7 Å². The summed E-state index contributed by atoms with van der Waals surface area (Å²) in [6.45, 7) is 2.07. The molecule has 0 spiro atoms. The van der Waals surface area contributed by atoms with Gasteiger partial charge in [0.15, 0.2) is 0 Å². The van der Waals surface area contributed by atoms with Crippen molar-refractivity contribution in [3.8, 4) is 0 Å². The predicted molar refractivity (Wildman–Crippen MR) is 103 cm³/mol. The fraction of sp³-hybridized carbons (Fsp3) is 0.150. The lowest BCUT2D eigenvalue weighted by atomic mass is 10.2. The molecule has 0 bridgehead atoms. The first-order valence-electron chi connectivity index (χ1n) is 8.33. The van der Waals surface area contributed by atoms with Gasteiger partial charge in [-0.15, -0.1) is 0 Å². The zero-order valence-corrected chi connectivity index (χ0v) is 15.9. The van der Waals surface area contributed by atoms with Gasteiger partial charge in [-0.1, -0.05) is 12.1 Å². The van der Waals surface area contributed by atoms with Gasteiger partial charge in [0.05, 0.1) is 17.7 Å². The molecule has 0 atom stereocenters. The highest BCUT2D eigenvalue weighted by molar-refractivity contribution is 7.89. The Hall–Kier alpha value is -2.90. The number of nitrogens with zero attached hydrogens (tertiary/aromatic N) is 1. The van der Waals surface area contributed by atoms with E-state index < -0.39 is 10.0 Å². The number of nitrogens with one attached hydrogen (secondary N) is 1. The smallest absolute Gasteiger partial charge is 0.255 e. The number of aryl methyl sites for hydroxylation is 1. The molecule has 0 aliphatic rings. The van der Waals surface area contributed by atoms with E-state index in [9.17, 15) is 13.2 Å². The molecule has 0 saturated carbocycles. The number of amides is 1. The Bertz CT molecular complexity index is 1030. The molecule has 6 nitrogen and oxygen atoms in total. The largest absolute Gasteiger partial charge is 0.468 e. The number of carbonyl (C=O) groups excluding carboxylic acids is 1. The number of anilines is 1. The van der Waals surface area contributed by atoms with Gasteiger partial charge in [-0.05, 0) is 61.0 Å². The molecule has 0 aliphatic heterocycles. The lowest BCUT2D eigenvalue weighted by Gasteiger charge is -2.16. The van der Waals surface area contributed by atoms with Crippen molar-refractivity contribution in [1.82, 2.24) is 4.31 Å². The molecule has 7 heteroatoms. The van der Waals surface area contributed by atoms with Crippen LogP contribution in [0.15, 0.2) is 76.2 Å². The molecule has 3 rings (SSSR count). The van der Waals surface area contributed by atoms with Gasteiger partial charge in [0.2, 0.25) is 10.0 Å². The summed E-state index contributed by atoms with van der Waals surface area (Å²) in [7, 11) is -2.20. The summed E-state index contributed by atoms with van der Waals surface area (Å²) in [4.78, 5) is 12.5. The normalized spacial score (nSPS) is 11.5.